The SMILES string of the molecule is COc1cccc(CNC(=O)c2nnc(-c3ccccc3)o2)c1. The summed E-state index contributed by atoms with van der Waals surface area (Å²) in [7, 11) is 1.60. The summed E-state index contributed by atoms with van der Waals surface area (Å²) in [6.07, 6.45) is 0. The van der Waals surface area contributed by atoms with E-state index in [1.165, 1.54) is 0 Å². The topological polar surface area (TPSA) is 77.2 Å². The Labute approximate surface area is 133 Å². The minimum Gasteiger partial charge on any atom is -0.497 e. The van der Waals surface area contributed by atoms with Crippen molar-refractivity contribution < 1.29 is 13.9 Å². The fourth-order valence-electron chi connectivity index (χ4n) is 2.05. The number of nitrogens with zero attached hydrogens (tertiary/aromatic N) is 2. The van der Waals surface area contributed by atoms with Crippen LogP contribution in [0.15, 0.2) is 59.0 Å². The second kappa shape index (κ2) is 6.74. The highest BCUT2D eigenvalue weighted by atomic mass is 16.5. The van der Waals surface area contributed by atoms with Gasteiger partial charge >= 0.3 is 11.8 Å². The number of nitrogens with one attached hydrogen (secondary N) is 1. The van der Waals surface area contributed by atoms with Gasteiger partial charge in [0.1, 0.15) is 5.75 Å². The van der Waals surface area contributed by atoms with Gasteiger partial charge in [0.05, 0.1) is 7.11 Å². The first-order chi connectivity index (χ1) is 11.3. The van der Waals surface area contributed by atoms with Crippen LogP contribution in [0.3, 0.4) is 0 Å². The molecule has 0 spiro atoms. The van der Waals surface area contributed by atoms with Crippen LogP contribution in [0.2, 0.25) is 0 Å². The van der Waals surface area contributed by atoms with Crippen LogP contribution in [0.4, 0.5) is 0 Å². The minimum absolute atomic E-state index is 0.0632. The molecule has 6 heteroatoms. The molecular formula is C17H15N3O3. The van der Waals surface area contributed by atoms with Gasteiger partial charge in [-0.1, -0.05) is 30.3 Å². The van der Waals surface area contributed by atoms with Gasteiger partial charge < -0.3 is 14.5 Å². The van der Waals surface area contributed by atoms with Crippen LogP contribution in [0, 0.1) is 0 Å². The molecule has 3 rings (SSSR count). The van der Waals surface area contributed by atoms with Gasteiger partial charge in [-0.05, 0) is 29.8 Å². The van der Waals surface area contributed by atoms with E-state index in [-0.39, 0.29) is 5.89 Å². The summed E-state index contributed by atoms with van der Waals surface area (Å²) in [6.45, 7) is 0.346. The number of benzene rings is 2. The van der Waals surface area contributed by atoms with Crippen molar-refractivity contribution in [1.29, 1.82) is 0 Å². The average molecular weight is 309 g/mol. The normalized spacial score (nSPS) is 10.3. The van der Waals surface area contributed by atoms with E-state index in [2.05, 4.69) is 15.5 Å². The van der Waals surface area contributed by atoms with Crippen molar-refractivity contribution >= 4 is 5.91 Å². The predicted molar refractivity (Wildman–Crippen MR) is 83.9 cm³/mol. The maximum atomic E-state index is 12.1. The second-order valence-electron chi connectivity index (χ2n) is 4.81. The Hall–Kier alpha value is -3.15. The molecule has 0 aliphatic heterocycles. The number of carbonyl (C=O) groups excluding carboxylic acids is 1. The molecule has 2 aromatic carbocycles. The number of aromatic nitrogens is 2. The minimum atomic E-state index is -0.414. The molecule has 0 saturated carbocycles. The van der Waals surface area contributed by atoms with Crippen molar-refractivity contribution in [3.63, 3.8) is 0 Å². The molecular weight excluding hydrogens is 294 g/mol. The van der Waals surface area contributed by atoms with Crippen molar-refractivity contribution in [2.45, 2.75) is 6.54 Å². The standard InChI is InChI=1S/C17H15N3O3/c1-22-14-9-5-6-12(10-14)11-18-15(21)17-20-19-16(23-17)13-7-3-2-4-8-13/h2-10H,11H2,1H3,(H,18,21). The first-order valence-electron chi connectivity index (χ1n) is 7.06. The molecule has 1 aromatic heterocycles. The average Bonchev–Trinajstić information content (AvgIpc) is 3.11. The van der Waals surface area contributed by atoms with Crippen molar-refractivity contribution in [2.24, 2.45) is 0 Å². The molecule has 0 unspecified atom stereocenters. The van der Waals surface area contributed by atoms with Crippen molar-refractivity contribution in [1.82, 2.24) is 15.5 Å². The predicted octanol–water partition coefficient (Wildman–Crippen LogP) is 2.68. The largest absolute Gasteiger partial charge is 0.497 e. The monoisotopic (exact) mass is 309 g/mol. The Bertz CT molecular complexity index is 800. The molecule has 6 nitrogen and oxygen atoms in total. The van der Waals surface area contributed by atoms with Gasteiger partial charge in [0.15, 0.2) is 0 Å². The Morgan fingerprint density at radius 2 is 1.96 bits per heavy atom. The molecule has 0 bridgehead atoms. The lowest BCUT2D eigenvalue weighted by atomic mass is 10.2. The molecule has 0 saturated heterocycles. The number of amides is 1. The molecule has 1 heterocycles. The molecule has 0 fully saturated rings. The van der Waals surface area contributed by atoms with Crippen molar-refractivity contribution in [3.05, 3.63) is 66.1 Å². The van der Waals surface area contributed by atoms with Crippen LogP contribution < -0.4 is 10.1 Å². The first kappa shape index (κ1) is 14.8. The van der Waals surface area contributed by atoms with E-state index >= 15 is 0 Å². The molecule has 23 heavy (non-hydrogen) atoms. The van der Waals surface area contributed by atoms with Gasteiger partial charge in [-0.2, -0.15) is 0 Å². The van der Waals surface area contributed by atoms with Gasteiger partial charge in [-0.25, -0.2) is 0 Å². The molecule has 1 amide bonds. The number of ether oxygens (including phenoxy) is 1. The molecule has 0 aliphatic rings. The highest BCUT2D eigenvalue weighted by Crippen LogP contribution is 2.17. The molecule has 116 valence electrons. The lowest BCUT2D eigenvalue weighted by Crippen LogP contribution is -2.23. The highest BCUT2D eigenvalue weighted by molar-refractivity contribution is 5.89. The molecule has 0 aliphatic carbocycles. The van der Waals surface area contributed by atoms with Crippen LogP contribution in [-0.2, 0) is 6.54 Å². The summed E-state index contributed by atoms with van der Waals surface area (Å²) >= 11 is 0. The van der Waals surface area contributed by atoms with E-state index in [0.717, 1.165) is 16.9 Å². The Morgan fingerprint density at radius 1 is 1.13 bits per heavy atom. The summed E-state index contributed by atoms with van der Waals surface area (Å²) in [5.41, 5.74) is 1.69. The van der Waals surface area contributed by atoms with Crippen molar-refractivity contribution in [3.8, 4) is 17.2 Å². The van der Waals surface area contributed by atoms with Crippen LogP contribution >= 0.6 is 0 Å². The number of carbonyl (C=O) groups is 1. The number of rotatable bonds is 5. The maximum absolute atomic E-state index is 12.1. The van der Waals surface area contributed by atoms with Gasteiger partial charge in [0.25, 0.3) is 0 Å². The zero-order valence-electron chi connectivity index (χ0n) is 12.5. The smallest absolute Gasteiger partial charge is 0.309 e. The third-order valence-electron chi connectivity index (χ3n) is 3.23. The quantitative estimate of drug-likeness (QED) is 0.784. The third-order valence-corrected chi connectivity index (χ3v) is 3.23. The van der Waals surface area contributed by atoms with Crippen molar-refractivity contribution in [2.75, 3.05) is 7.11 Å². The molecule has 0 atom stereocenters. The Balaban J connectivity index is 1.66. The number of methoxy groups -OCH3 is 1. The van der Waals surface area contributed by atoms with Gasteiger partial charge in [-0.15, -0.1) is 10.2 Å². The van der Waals surface area contributed by atoms with Crippen LogP contribution in [0.5, 0.6) is 5.75 Å². The van der Waals surface area contributed by atoms with E-state index < -0.39 is 5.91 Å². The Morgan fingerprint density at radius 3 is 2.74 bits per heavy atom. The fourth-order valence-corrected chi connectivity index (χ4v) is 2.05. The molecule has 3 aromatic rings. The van der Waals surface area contributed by atoms with Gasteiger partial charge in [0.2, 0.25) is 5.89 Å². The zero-order valence-corrected chi connectivity index (χ0v) is 12.5. The second-order valence-corrected chi connectivity index (χ2v) is 4.81. The van der Waals surface area contributed by atoms with Crippen LogP contribution in [0.1, 0.15) is 16.2 Å². The lowest BCUT2D eigenvalue weighted by Gasteiger charge is -2.05. The van der Waals surface area contributed by atoms with Gasteiger partial charge in [-0.3, -0.25) is 4.79 Å². The summed E-state index contributed by atoms with van der Waals surface area (Å²) in [5, 5.41) is 10.4. The maximum Gasteiger partial charge on any atom is 0.309 e. The summed E-state index contributed by atoms with van der Waals surface area (Å²) in [6, 6.07) is 16.7. The van der Waals surface area contributed by atoms with E-state index in [0.29, 0.717) is 12.4 Å². The first-order valence-corrected chi connectivity index (χ1v) is 7.06. The van der Waals surface area contributed by atoms with Crippen LogP contribution in [-0.4, -0.2) is 23.2 Å². The summed E-state index contributed by atoms with van der Waals surface area (Å²) in [4.78, 5) is 12.1. The fraction of sp³-hybridized carbons (Fsp3) is 0.118. The van der Waals surface area contributed by atoms with E-state index in [1.807, 2.05) is 54.6 Å². The highest BCUT2D eigenvalue weighted by Gasteiger charge is 2.15. The summed E-state index contributed by atoms with van der Waals surface area (Å²) in [5.74, 6) is 0.576. The zero-order chi connectivity index (χ0) is 16.1. The summed E-state index contributed by atoms with van der Waals surface area (Å²) < 4.78 is 10.6. The Kier molecular flexibility index (Phi) is 4.33. The number of hydrogen-bond acceptors (Lipinski definition) is 5. The third kappa shape index (κ3) is 3.55. The van der Waals surface area contributed by atoms with E-state index in [4.69, 9.17) is 9.15 Å². The number of hydrogen-bond donors (Lipinski definition) is 1. The molecule has 1 N–H and O–H groups in total. The molecule has 0 radical (unpaired) electrons. The lowest BCUT2D eigenvalue weighted by molar-refractivity contribution is 0.0917. The van der Waals surface area contributed by atoms with E-state index in [9.17, 15) is 4.79 Å². The van der Waals surface area contributed by atoms with E-state index in [1.54, 1.807) is 7.11 Å². The van der Waals surface area contributed by atoms with Crippen LogP contribution in [0.25, 0.3) is 11.5 Å². The van der Waals surface area contributed by atoms with Gasteiger partial charge in [0, 0.05) is 12.1 Å².